The minimum absolute atomic E-state index is 0.0391. The molecule has 8 heteroatoms. The van der Waals surface area contributed by atoms with E-state index in [9.17, 15) is 22.4 Å². The summed E-state index contributed by atoms with van der Waals surface area (Å²) in [5, 5.41) is 0. The first-order chi connectivity index (χ1) is 12.6. The van der Waals surface area contributed by atoms with Crippen molar-refractivity contribution in [1.82, 2.24) is 4.72 Å². The molecule has 0 atom stereocenters. The summed E-state index contributed by atoms with van der Waals surface area (Å²) in [6.45, 7) is 4.31. The minimum atomic E-state index is -3.83. The first-order valence-electron chi connectivity index (χ1n) is 8.27. The van der Waals surface area contributed by atoms with Crippen molar-refractivity contribution in [2.75, 3.05) is 18.0 Å². The van der Waals surface area contributed by atoms with Crippen molar-refractivity contribution in [3.05, 3.63) is 59.4 Å². The second kappa shape index (κ2) is 8.41. The van der Waals surface area contributed by atoms with Crippen LogP contribution in [-0.4, -0.2) is 33.2 Å². The highest BCUT2D eigenvalue weighted by atomic mass is 32.2. The molecule has 6 nitrogen and oxygen atoms in total. The standard InChI is InChI=1S/C19H21FN2O4S/c1-13-11-18(7-8-19(13)20)27(25,26)21-9-10-22(15(3)24)17-6-4-5-16(12-17)14(2)23/h4-8,11-12,21H,9-10H2,1-3H3. The summed E-state index contributed by atoms with van der Waals surface area (Å²) in [5.74, 6) is -0.901. The highest BCUT2D eigenvalue weighted by Gasteiger charge is 2.17. The van der Waals surface area contributed by atoms with E-state index < -0.39 is 15.8 Å². The number of carbonyl (C=O) groups is 2. The molecule has 1 amide bonds. The van der Waals surface area contributed by atoms with Crippen LogP contribution >= 0.6 is 0 Å². The largest absolute Gasteiger partial charge is 0.311 e. The van der Waals surface area contributed by atoms with Gasteiger partial charge in [0.2, 0.25) is 15.9 Å². The van der Waals surface area contributed by atoms with Gasteiger partial charge in [-0.25, -0.2) is 17.5 Å². The van der Waals surface area contributed by atoms with E-state index in [2.05, 4.69) is 4.72 Å². The summed E-state index contributed by atoms with van der Waals surface area (Å²) in [6.07, 6.45) is 0. The van der Waals surface area contributed by atoms with Crippen molar-refractivity contribution in [1.29, 1.82) is 0 Å². The van der Waals surface area contributed by atoms with E-state index in [1.165, 1.54) is 37.8 Å². The molecule has 0 fully saturated rings. The zero-order chi connectivity index (χ0) is 20.2. The zero-order valence-electron chi connectivity index (χ0n) is 15.3. The molecule has 27 heavy (non-hydrogen) atoms. The second-order valence-corrected chi connectivity index (χ2v) is 7.85. The van der Waals surface area contributed by atoms with Gasteiger partial charge in [-0.15, -0.1) is 0 Å². The molecule has 0 aliphatic carbocycles. The third kappa shape index (κ3) is 5.21. The predicted octanol–water partition coefficient (Wildman–Crippen LogP) is 2.67. The molecule has 0 spiro atoms. The normalized spacial score (nSPS) is 11.3. The average molecular weight is 392 g/mol. The number of halogens is 1. The van der Waals surface area contributed by atoms with Crippen LogP contribution in [0.1, 0.15) is 29.8 Å². The van der Waals surface area contributed by atoms with Gasteiger partial charge >= 0.3 is 0 Å². The number of benzene rings is 2. The SMILES string of the molecule is CC(=O)c1cccc(N(CCNS(=O)(=O)c2ccc(F)c(C)c2)C(C)=O)c1. The number of sulfonamides is 1. The summed E-state index contributed by atoms with van der Waals surface area (Å²) in [5.41, 5.74) is 1.19. The Bertz CT molecular complexity index is 973. The summed E-state index contributed by atoms with van der Waals surface area (Å²) in [6, 6.07) is 10.1. The zero-order valence-corrected chi connectivity index (χ0v) is 16.1. The van der Waals surface area contributed by atoms with Crippen molar-refractivity contribution in [3.63, 3.8) is 0 Å². The highest BCUT2D eigenvalue weighted by Crippen LogP contribution is 2.17. The first kappa shape index (κ1) is 20.7. The molecule has 0 aliphatic rings. The van der Waals surface area contributed by atoms with Crippen molar-refractivity contribution in [2.24, 2.45) is 0 Å². The molecule has 0 unspecified atom stereocenters. The fourth-order valence-corrected chi connectivity index (χ4v) is 3.63. The van der Waals surface area contributed by atoms with Gasteiger partial charge in [0.1, 0.15) is 5.82 Å². The van der Waals surface area contributed by atoms with Gasteiger partial charge in [0.25, 0.3) is 0 Å². The molecular formula is C19H21FN2O4S. The van der Waals surface area contributed by atoms with E-state index in [0.717, 1.165) is 6.07 Å². The maximum Gasteiger partial charge on any atom is 0.240 e. The smallest absolute Gasteiger partial charge is 0.240 e. The van der Waals surface area contributed by atoms with Crippen molar-refractivity contribution >= 4 is 27.4 Å². The number of ketones is 1. The van der Waals surface area contributed by atoms with Gasteiger partial charge < -0.3 is 4.90 Å². The van der Waals surface area contributed by atoms with Crippen LogP contribution in [0, 0.1) is 12.7 Å². The number of hydrogen-bond acceptors (Lipinski definition) is 4. The third-order valence-electron chi connectivity index (χ3n) is 4.01. The molecule has 2 rings (SSSR count). The van der Waals surface area contributed by atoms with Crippen LogP contribution in [0.3, 0.4) is 0 Å². The Morgan fingerprint density at radius 2 is 1.81 bits per heavy atom. The van der Waals surface area contributed by atoms with Gasteiger partial charge in [-0.1, -0.05) is 12.1 Å². The van der Waals surface area contributed by atoms with Gasteiger partial charge in [-0.3, -0.25) is 9.59 Å². The Hall–Kier alpha value is -2.58. The van der Waals surface area contributed by atoms with Crippen LogP contribution in [0.4, 0.5) is 10.1 Å². The number of aryl methyl sites for hydroxylation is 1. The molecule has 0 aromatic heterocycles. The lowest BCUT2D eigenvalue weighted by Crippen LogP contribution is -2.37. The number of anilines is 1. The fraction of sp³-hybridized carbons (Fsp3) is 0.263. The number of hydrogen-bond donors (Lipinski definition) is 1. The number of nitrogens with zero attached hydrogens (tertiary/aromatic N) is 1. The molecule has 2 aromatic rings. The van der Waals surface area contributed by atoms with E-state index in [1.807, 2.05) is 0 Å². The Morgan fingerprint density at radius 3 is 2.41 bits per heavy atom. The third-order valence-corrected chi connectivity index (χ3v) is 5.47. The number of nitrogens with one attached hydrogen (secondary N) is 1. The molecule has 1 N–H and O–H groups in total. The maximum absolute atomic E-state index is 13.3. The summed E-state index contributed by atoms with van der Waals surface area (Å²) in [4.78, 5) is 24.8. The van der Waals surface area contributed by atoms with Crippen molar-refractivity contribution in [2.45, 2.75) is 25.7 Å². The number of amides is 1. The van der Waals surface area contributed by atoms with Crippen molar-refractivity contribution < 1.29 is 22.4 Å². The van der Waals surface area contributed by atoms with E-state index in [1.54, 1.807) is 24.3 Å². The molecule has 0 saturated carbocycles. The maximum atomic E-state index is 13.3. The van der Waals surface area contributed by atoms with Gasteiger partial charge in [0.05, 0.1) is 4.90 Å². The molecule has 0 saturated heterocycles. The van der Waals surface area contributed by atoms with Crippen LogP contribution in [0.25, 0.3) is 0 Å². The quantitative estimate of drug-likeness (QED) is 0.735. The summed E-state index contributed by atoms with van der Waals surface area (Å²) >= 11 is 0. The Morgan fingerprint density at radius 1 is 1.11 bits per heavy atom. The lowest BCUT2D eigenvalue weighted by molar-refractivity contribution is -0.116. The number of rotatable bonds is 7. The lowest BCUT2D eigenvalue weighted by Gasteiger charge is -2.22. The van der Waals surface area contributed by atoms with Gasteiger partial charge in [-0.2, -0.15) is 0 Å². The predicted molar refractivity (Wildman–Crippen MR) is 101 cm³/mol. The minimum Gasteiger partial charge on any atom is -0.311 e. The summed E-state index contributed by atoms with van der Waals surface area (Å²) < 4.78 is 40.4. The van der Waals surface area contributed by atoms with Gasteiger partial charge in [0, 0.05) is 31.3 Å². The van der Waals surface area contributed by atoms with E-state index >= 15 is 0 Å². The Labute approximate surface area is 158 Å². The molecule has 0 aliphatic heterocycles. The van der Waals surface area contributed by atoms with E-state index in [4.69, 9.17) is 0 Å². The van der Waals surface area contributed by atoms with E-state index in [-0.39, 0.29) is 35.2 Å². The molecular weight excluding hydrogens is 371 g/mol. The van der Waals surface area contributed by atoms with Gasteiger partial charge in [-0.05, 0) is 49.7 Å². The fourth-order valence-electron chi connectivity index (χ4n) is 2.52. The molecule has 2 aromatic carbocycles. The number of Topliss-reactive ketones (excluding diaryl/α,β-unsaturated/α-hetero) is 1. The average Bonchev–Trinajstić information content (AvgIpc) is 2.60. The first-order valence-corrected chi connectivity index (χ1v) is 9.75. The Balaban J connectivity index is 2.12. The summed E-state index contributed by atoms with van der Waals surface area (Å²) in [7, 11) is -3.83. The van der Waals surface area contributed by atoms with Crippen LogP contribution in [0.2, 0.25) is 0 Å². The molecule has 0 bridgehead atoms. The Kier molecular flexibility index (Phi) is 6.45. The lowest BCUT2D eigenvalue weighted by atomic mass is 10.1. The molecule has 0 heterocycles. The van der Waals surface area contributed by atoms with Crippen LogP contribution in [-0.2, 0) is 14.8 Å². The topological polar surface area (TPSA) is 83.6 Å². The molecule has 0 radical (unpaired) electrons. The van der Waals surface area contributed by atoms with Crippen LogP contribution in [0.5, 0.6) is 0 Å². The van der Waals surface area contributed by atoms with Crippen molar-refractivity contribution in [3.8, 4) is 0 Å². The number of carbonyl (C=O) groups excluding carboxylic acids is 2. The van der Waals surface area contributed by atoms with Crippen LogP contribution < -0.4 is 9.62 Å². The highest BCUT2D eigenvalue weighted by molar-refractivity contribution is 7.89. The monoisotopic (exact) mass is 392 g/mol. The van der Waals surface area contributed by atoms with Crippen LogP contribution in [0.15, 0.2) is 47.4 Å². The molecule has 144 valence electrons. The van der Waals surface area contributed by atoms with Gasteiger partial charge in [0.15, 0.2) is 5.78 Å². The second-order valence-electron chi connectivity index (χ2n) is 6.09. The van der Waals surface area contributed by atoms with E-state index in [0.29, 0.717) is 11.3 Å².